The Bertz CT molecular complexity index is 673. The molecule has 1 aliphatic heterocycles. The highest BCUT2D eigenvalue weighted by molar-refractivity contribution is 7.89. The van der Waals surface area contributed by atoms with Gasteiger partial charge in [-0.3, -0.25) is 4.90 Å². The summed E-state index contributed by atoms with van der Waals surface area (Å²) in [6, 6.07) is 5.55. The van der Waals surface area contributed by atoms with Crippen molar-refractivity contribution in [2.75, 3.05) is 32.7 Å². The summed E-state index contributed by atoms with van der Waals surface area (Å²) in [7, 11) is -3.79. The van der Waals surface area contributed by atoms with Crippen LogP contribution in [0.1, 0.15) is 12.0 Å². The zero-order valence-corrected chi connectivity index (χ0v) is 13.1. The normalized spacial score (nSPS) is 17.8. The average molecular weight is 347 g/mol. The molecule has 0 unspecified atom stereocenters. The molecule has 1 saturated heterocycles. The molecule has 0 aromatic heterocycles. The summed E-state index contributed by atoms with van der Waals surface area (Å²) < 4.78 is 63.7. The maximum atomic E-state index is 12.5. The Morgan fingerprint density at radius 1 is 1.09 bits per heavy atom. The van der Waals surface area contributed by atoms with Gasteiger partial charge in [0.05, 0.1) is 16.5 Å². The van der Waals surface area contributed by atoms with Crippen LogP contribution in [0.5, 0.6) is 0 Å². The second-order valence-corrected chi connectivity index (χ2v) is 7.11. The molecule has 1 aromatic carbocycles. The molecule has 1 heterocycles. The molecule has 126 valence electrons. The molecule has 5 nitrogen and oxygen atoms in total. The Kier molecular flexibility index (Phi) is 5.29. The molecular weight excluding hydrogens is 331 g/mol. The van der Waals surface area contributed by atoms with Crippen molar-refractivity contribution in [2.24, 2.45) is 0 Å². The molecule has 0 spiro atoms. The van der Waals surface area contributed by atoms with Crippen molar-refractivity contribution in [1.82, 2.24) is 9.21 Å². The Hall–Kier alpha value is -1.63. The lowest BCUT2D eigenvalue weighted by atomic mass is 10.2. The number of hydrogen-bond acceptors (Lipinski definition) is 4. The van der Waals surface area contributed by atoms with Crippen LogP contribution in [0, 0.1) is 11.3 Å². The van der Waals surface area contributed by atoms with Gasteiger partial charge in [-0.25, -0.2) is 8.42 Å². The van der Waals surface area contributed by atoms with Crippen LogP contribution in [0.4, 0.5) is 13.2 Å². The van der Waals surface area contributed by atoms with Gasteiger partial charge in [0.15, 0.2) is 0 Å². The predicted molar refractivity (Wildman–Crippen MR) is 76.9 cm³/mol. The largest absolute Gasteiger partial charge is 0.416 e. The molecule has 0 saturated carbocycles. The number of rotatable bonds is 4. The number of halogens is 3. The summed E-state index contributed by atoms with van der Waals surface area (Å²) in [5.74, 6) is 0. The zero-order valence-electron chi connectivity index (χ0n) is 12.3. The molecule has 1 aliphatic rings. The highest BCUT2D eigenvalue weighted by Crippen LogP contribution is 2.30. The molecule has 9 heteroatoms. The molecule has 0 aliphatic carbocycles. The maximum absolute atomic E-state index is 12.5. The summed E-state index contributed by atoms with van der Waals surface area (Å²) in [5.41, 5.74) is -0.877. The molecule has 1 fully saturated rings. The number of alkyl halides is 3. The third-order valence-corrected chi connectivity index (χ3v) is 5.60. The zero-order chi connectivity index (χ0) is 17.1. The van der Waals surface area contributed by atoms with E-state index in [1.807, 2.05) is 11.0 Å². The monoisotopic (exact) mass is 347 g/mol. The first kappa shape index (κ1) is 17.7. The predicted octanol–water partition coefficient (Wildman–Crippen LogP) is 1.93. The lowest BCUT2D eigenvalue weighted by Gasteiger charge is -2.33. The quantitative estimate of drug-likeness (QED) is 0.835. The number of hydrogen-bond donors (Lipinski definition) is 0. The highest BCUT2D eigenvalue weighted by Gasteiger charge is 2.32. The van der Waals surface area contributed by atoms with Crippen LogP contribution in [0.25, 0.3) is 0 Å². The Morgan fingerprint density at radius 2 is 1.65 bits per heavy atom. The van der Waals surface area contributed by atoms with E-state index in [0.29, 0.717) is 26.1 Å². The van der Waals surface area contributed by atoms with E-state index in [9.17, 15) is 21.6 Å². The van der Waals surface area contributed by atoms with Crippen LogP contribution in [-0.2, 0) is 16.2 Å². The average Bonchev–Trinajstić information content (AvgIpc) is 2.52. The van der Waals surface area contributed by atoms with Crippen LogP contribution in [0.3, 0.4) is 0 Å². The molecule has 23 heavy (non-hydrogen) atoms. The second kappa shape index (κ2) is 6.86. The lowest BCUT2D eigenvalue weighted by molar-refractivity contribution is -0.137. The van der Waals surface area contributed by atoms with E-state index in [1.54, 1.807) is 0 Å². The van der Waals surface area contributed by atoms with Crippen LogP contribution >= 0.6 is 0 Å². The van der Waals surface area contributed by atoms with Crippen LogP contribution in [-0.4, -0.2) is 50.3 Å². The first-order valence-electron chi connectivity index (χ1n) is 7.02. The summed E-state index contributed by atoms with van der Waals surface area (Å²) in [5, 5.41) is 8.54. The molecule has 1 aromatic rings. The van der Waals surface area contributed by atoms with Gasteiger partial charge in [0.1, 0.15) is 0 Å². The Morgan fingerprint density at radius 3 is 2.13 bits per heavy atom. The smallest absolute Gasteiger partial charge is 0.300 e. The van der Waals surface area contributed by atoms with Crippen molar-refractivity contribution in [3.63, 3.8) is 0 Å². The Labute approximate surface area is 133 Å². The van der Waals surface area contributed by atoms with Gasteiger partial charge in [-0.05, 0) is 24.3 Å². The van der Waals surface area contributed by atoms with E-state index in [0.717, 1.165) is 24.3 Å². The van der Waals surface area contributed by atoms with Crippen LogP contribution < -0.4 is 0 Å². The van der Waals surface area contributed by atoms with Crippen molar-refractivity contribution in [3.8, 4) is 6.07 Å². The van der Waals surface area contributed by atoms with Gasteiger partial charge in [-0.2, -0.15) is 22.7 Å². The Balaban J connectivity index is 2.07. The second-order valence-electron chi connectivity index (χ2n) is 5.18. The van der Waals surface area contributed by atoms with Crippen molar-refractivity contribution in [3.05, 3.63) is 29.8 Å². The molecule has 0 bridgehead atoms. The fourth-order valence-electron chi connectivity index (χ4n) is 2.37. The minimum Gasteiger partial charge on any atom is -0.300 e. The summed E-state index contributed by atoms with van der Waals surface area (Å²) in [4.78, 5) is 1.85. The van der Waals surface area contributed by atoms with E-state index in [4.69, 9.17) is 5.26 Å². The van der Waals surface area contributed by atoms with Gasteiger partial charge in [-0.1, -0.05) is 0 Å². The van der Waals surface area contributed by atoms with Gasteiger partial charge in [0.25, 0.3) is 0 Å². The fraction of sp³-hybridized carbons (Fsp3) is 0.500. The van der Waals surface area contributed by atoms with Crippen molar-refractivity contribution < 1.29 is 21.6 Å². The van der Waals surface area contributed by atoms with E-state index >= 15 is 0 Å². The number of sulfonamides is 1. The number of nitriles is 1. The third kappa shape index (κ3) is 4.22. The van der Waals surface area contributed by atoms with Crippen molar-refractivity contribution in [2.45, 2.75) is 17.5 Å². The molecule has 2 rings (SSSR count). The van der Waals surface area contributed by atoms with Gasteiger partial charge < -0.3 is 0 Å². The van der Waals surface area contributed by atoms with Crippen molar-refractivity contribution in [1.29, 1.82) is 5.26 Å². The summed E-state index contributed by atoms with van der Waals surface area (Å²) >= 11 is 0. The number of benzene rings is 1. The van der Waals surface area contributed by atoms with E-state index < -0.39 is 21.8 Å². The van der Waals surface area contributed by atoms with Gasteiger partial charge in [-0.15, -0.1) is 0 Å². The topological polar surface area (TPSA) is 64.4 Å². The maximum Gasteiger partial charge on any atom is 0.416 e. The summed E-state index contributed by atoms with van der Waals surface area (Å²) in [6.07, 6.45) is -4.11. The molecular formula is C14H16F3N3O2S. The van der Waals surface area contributed by atoms with E-state index in [1.165, 1.54) is 4.31 Å². The first-order valence-corrected chi connectivity index (χ1v) is 8.46. The highest BCUT2D eigenvalue weighted by atomic mass is 32.2. The minimum absolute atomic E-state index is 0.143. The number of piperazine rings is 1. The van der Waals surface area contributed by atoms with Gasteiger partial charge in [0.2, 0.25) is 10.0 Å². The first-order chi connectivity index (χ1) is 10.7. The van der Waals surface area contributed by atoms with Crippen LogP contribution in [0.2, 0.25) is 0 Å². The minimum atomic E-state index is -4.49. The van der Waals surface area contributed by atoms with Crippen molar-refractivity contribution >= 4 is 10.0 Å². The summed E-state index contributed by atoms with van der Waals surface area (Å²) in [6.45, 7) is 2.11. The van der Waals surface area contributed by atoms with E-state index in [-0.39, 0.29) is 18.0 Å². The molecule has 0 amide bonds. The standard InChI is InChI=1S/C14H16F3N3O2S/c15-14(16,17)12-2-4-13(5-3-12)23(21,22)20-10-8-19(9-11-20)7-1-6-18/h2-5H,1,7-11H2. The van der Waals surface area contributed by atoms with Gasteiger partial charge >= 0.3 is 6.18 Å². The molecule has 0 radical (unpaired) electrons. The molecule has 0 atom stereocenters. The number of nitrogens with zero attached hydrogens (tertiary/aromatic N) is 3. The molecule has 0 N–H and O–H groups in total. The van der Waals surface area contributed by atoms with Crippen LogP contribution in [0.15, 0.2) is 29.2 Å². The van der Waals surface area contributed by atoms with E-state index in [2.05, 4.69) is 0 Å². The SMILES string of the molecule is N#CCCN1CCN(S(=O)(=O)c2ccc(C(F)(F)F)cc2)CC1. The van der Waals surface area contributed by atoms with Gasteiger partial charge in [0, 0.05) is 39.1 Å². The fourth-order valence-corrected chi connectivity index (χ4v) is 3.79. The third-order valence-electron chi connectivity index (χ3n) is 3.69. The lowest BCUT2D eigenvalue weighted by Crippen LogP contribution is -2.48.